The average molecular weight is 680 g/mol. The highest BCUT2D eigenvalue weighted by atomic mass is 16.5. The van der Waals surface area contributed by atoms with Crippen LogP contribution >= 0.6 is 0 Å². The Labute approximate surface area is 303 Å². The number of benzene rings is 6. The topological polar surface area (TPSA) is 56.7 Å². The number of rotatable bonds is 5. The lowest BCUT2D eigenvalue weighted by atomic mass is 10.0. The van der Waals surface area contributed by atoms with Gasteiger partial charge in [-0.15, -0.1) is 0 Å². The molecule has 0 saturated heterocycles. The van der Waals surface area contributed by atoms with Gasteiger partial charge in [0.2, 0.25) is 0 Å². The van der Waals surface area contributed by atoms with Crippen LogP contribution in [-0.2, 0) is 0 Å². The number of imidazole rings is 2. The molecule has 6 nitrogen and oxygen atoms in total. The lowest BCUT2D eigenvalue weighted by Crippen LogP contribution is -1.95. The van der Waals surface area contributed by atoms with E-state index >= 15 is 0 Å². The van der Waals surface area contributed by atoms with Gasteiger partial charge in [0.15, 0.2) is 0 Å². The third-order valence-corrected chi connectivity index (χ3v) is 10.2. The molecule has 6 heteroatoms. The fourth-order valence-electron chi connectivity index (χ4n) is 7.81. The largest absolute Gasteiger partial charge is 0.457 e. The molecule has 0 atom stereocenters. The Morgan fingerprint density at radius 3 is 1.83 bits per heavy atom. The third-order valence-electron chi connectivity index (χ3n) is 10.2. The molecule has 0 radical (unpaired) electrons. The van der Waals surface area contributed by atoms with Crippen LogP contribution in [-0.4, -0.2) is 23.8 Å². The highest BCUT2D eigenvalue weighted by Crippen LogP contribution is 2.41. The zero-order valence-corrected chi connectivity index (χ0v) is 28.4. The molecule has 0 saturated carbocycles. The summed E-state index contributed by atoms with van der Waals surface area (Å²) in [7, 11) is 0. The molecule has 0 N–H and O–H groups in total. The number of hydrogen-bond donors (Lipinski definition) is 0. The lowest BCUT2D eigenvalue weighted by Gasteiger charge is -2.13. The molecular weight excluding hydrogens is 651 g/mol. The van der Waals surface area contributed by atoms with Crippen molar-refractivity contribution in [1.82, 2.24) is 23.8 Å². The maximum absolute atomic E-state index is 6.72. The molecule has 0 aliphatic rings. The van der Waals surface area contributed by atoms with Gasteiger partial charge in [-0.2, -0.15) is 0 Å². The molecule has 0 aliphatic heterocycles. The molecule has 248 valence electrons. The molecule has 0 fully saturated rings. The number of aromatic nitrogens is 5. The van der Waals surface area contributed by atoms with Gasteiger partial charge in [-0.25, -0.2) is 9.97 Å². The second-order valence-corrected chi connectivity index (χ2v) is 13.3. The average Bonchev–Trinajstić information content (AvgIpc) is 3.87. The van der Waals surface area contributed by atoms with Crippen LogP contribution in [0.1, 0.15) is 0 Å². The fourth-order valence-corrected chi connectivity index (χ4v) is 7.81. The van der Waals surface area contributed by atoms with E-state index in [1.807, 2.05) is 42.6 Å². The van der Waals surface area contributed by atoms with E-state index in [4.69, 9.17) is 19.7 Å². The second-order valence-electron chi connectivity index (χ2n) is 13.3. The van der Waals surface area contributed by atoms with Crippen LogP contribution in [0.3, 0.4) is 0 Å². The van der Waals surface area contributed by atoms with Crippen LogP contribution < -0.4 is 4.74 Å². The maximum Gasteiger partial charge on any atom is 0.146 e. The molecule has 0 unspecified atom stereocenters. The first kappa shape index (κ1) is 29.4. The summed E-state index contributed by atoms with van der Waals surface area (Å²) in [6, 6.07) is 56.4. The quantitative estimate of drug-likeness (QED) is 0.170. The van der Waals surface area contributed by atoms with Crippen molar-refractivity contribution in [3.63, 3.8) is 0 Å². The zero-order valence-electron chi connectivity index (χ0n) is 28.4. The summed E-state index contributed by atoms with van der Waals surface area (Å²) in [5.74, 6) is 1.44. The number of ether oxygens (including phenoxy) is 1. The lowest BCUT2D eigenvalue weighted by molar-refractivity contribution is 0.484. The molecule has 0 bridgehead atoms. The highest BCUT2D eigenvalue weighted by molar-refractivity contribution is 6.14. The van der Waals surface area contributed by atoms with Crippen LogP contribution in [0.25, 0.3) is 88.5 Å². The van der Waals surface area contributed by atoms with Gasteiger partial charge in [0.25, 0.3) is 0 Å². The summed E-state index contributed by atoms with van der Waals surface area (Å²) < 4.78 is 11.2. The predicted molar refractivity (Wildman–Crippen MR) is 215 cm³/mol. The molecule has 11 rings (SSSR count). The number of fused-ring (bicyclic) bond motifs is 12. The number of hydrogen-bond acceptors (Lipinski definition) is 4. The monoisotopic (exact) mass is 679 g/mol. The molecule has 5 aromatic heterocycles. The van der Waals surface area contributed by atoms with Gasteiger partial charge in [-0.3, -0.25) is 13.8 Å². The first-order chi connectivity index (χ1) is 26.3. The van der Waals surface area contributed by atoms with E-state index in [0.29, 0.717) is 5.75 Å². The van der Waals surface area contributed by atoms with Crippen molar-refractivity contribution in [2.45, 2.75) is 0 Å². The van der Waals surface area contributed by atoms with E-state index in [-0.39, 0.29) is 0 Å². The van der Waals surface area contributed by atoms with E-state index in [9.17, 15) is 0 Å². The van der Waals surface area contributed by atoms with Gasteiger partial charge in [0, 0.05) is 50.6 Å². The first-order valence-electron chi connectivity index (χ1n) is 17.7. The Morgan fingerprint density at radius 1 is 0.453 bits per heavy atom. The van der Waals surface area contributed by atoms with Crippen molar-refractivity contribution < 1.29 is 4.74 Å². The van der Waals surface area contributed by atoms with Gasteiger partial charge >= 0.3 is 0 Å². The second kappa shape index (κ2) is 11.6. The fraction of sp³-hybridized carbons (Fsp3) is 0. The molecule has 5 heterocycles. The zero-order chi connectivity index (χ0) is 34.9. The van der Waals surface area contributed by atoms with Gasteiger partial charge < -0.3 is 4.74 Å². The smallest absolute Gasteiger partial charge is 0.146 e. The van der Waals surface area contributed by atoms with Crippen LogP contribution in [0.2, 0.25) is 0 Å². The minimum atomic E-state index is 0.716. The van der Waals surface area contributed by atoms with Crippen LogP contribution in [0.5, 0.6) is 11.5 Å². The Bertz CT molecular complexity index is 3190. The summed E-state index contributed by atoms with van der Waals surface area (Å²) >= 11 is 0. The van der Waals surface area contributed by atoms with Gasteiger partial charge in [-0.05, 0) is 60.0 Å². The SMILES string of the molecule is c1ccc(-c2cn3c4cccnc4c4ccc(Oc5ccc6c7ccccc7n7c(-c8ccccc8)c(-c8ccccc8)nc7c6c5)cc4c3n2)cc1. The summed E-state index contributed by atoms with van der Waals surface area (Å²) in [6.07, 6.45) is 3.94. The highest BCUT2D eigenvalue weighted by Gasteiger charge is 2.21. The summed E-state index contributed by atoms with van der Waals surface area (Å²) in [5, 5.41) is 5.28. The molecule has 0 amide bonds. The van der Waals surface area contributed by atoms with Crippen molar-refractivity contribution in [1.29, 1.82) is 0 Å². The van der Waals surface area contributed by atoms with Crippen molar-refractivity contribution in [3.05, 3.63) is 176 Å². The first-order valence-corrected chi connectivity index (χ1v) is 17.7. The number of nitrogens with zero attached hydrogens (tertiary/aromatic N) is 5. The maximum atomic E-state index is 6.72. The van der Waals surface area contributed by atoms with E-state index in [1.54, 1.807) is 0 Å². The predicted octanol–water partition coefficient (Wildman–Crippen LogP) is 11.8. The van der Waals surface area contributed by atoms with E-state index in [1.165, 1.54) is 0 Å². The van der Waals surface area contributed by atoms with Crippen LogP contribution in [0, 0.1) is 0 Å². The number of para-hydroxylation sites is 1. The van der Waals surface area contributed by atoms with E-state index in [2.05, 4.69) is 142 Å². The standard InChI is InChI=1S/C47H29N5O/c1-4-13-30(14-5-1)40-29-51-42-21-12-26-48-44(42)37-25-23-34(28-39(37)46(51)49-40)53-33-22-24-35-36-19-10-11-20-41(36)52-45(32-17-8-3-9-18-32)43(31-15-6-2-7-16-31)50-47(52)38(35)27-33/h1-29H. The van der Waals surface area contributed by atoms with Gasteiger partial charge in [0.1, 0.15) is 22.8 Å². The minimum absolute atomic E-state index is 0.716. The minimum Gasteiger partial charge on any atom is -0.457 e. The summed E-state index contributed by atoms with van der Waals surface area (Å²) in [5.41, 5.74) is 10.9. The van der Waals surface area contributed by atoms with E-state index < -0.39 is 0 Å². The Hall–Kier alpha value is -7.31. The van der Waals surface area contributed by atoms with Gasteiger partial charge in [0.05, 0.1) is 33.6 Å². The summed E-state index contributed by atoms with van der Waals surface area (Å²) in [4.78, 5) is 15.3. The Balaban J connectivity index is 1.12. The molecule has 6 aromatic carbocycles. The van der Waals surface area contributed by atoms with Crippen LogP contribution in [0.4, 0.5) is 0 Å². The Morgan fingerprint density at radius 2 is 1.08 bits per heavy atom. The van der Waals surface area contributed by atoms with Crippen LogP contribution in [0.15, 0.2) is 176 Å². The van der Waals surface area contributed by atoms with E-state index in [0.717, 1.165) is 94.3 Å². The van der Waals surface area contributed by atoms with Gasteiger partial charge in [-0.1, -0.05) is 109 Å². The van der Waals surface area contributed by atoms with Crippen molar-refractivity contribution >= 4 is 54.8 Å². The third kappa shape index (κ3) is 4.63. The molecule has 53 heavy (non-hydrogen) atoms. The van der Waals surface area contributed by atoms with Crippen molar-refractivity contribution in [3.8, 4) is 45.3 Å². The van der Waals surface area contributed by atoms with Crippen molar-refractivity contribution in [2.75, 3.05) is 0 Å². The molecular formula is C47H29N5O. The Kier molecular flexibility index (Phi) is 6.45. The molecule has 0 spiro atoms. The molecule has 11 aromatic rings. The summed E-state index contributed by atoms with van der Waals surface area (Å²) in [6.45, 7) is 0. The molecule has 0 aliphatic carbocycles. The van der Waals surface area contributed by atoms with Crippen molar-refractivity contribution in [2.24, 2.45) is 0 Å². The number of pyridine rings is 3. The normalized spacial score (nSPS) is 11.8.